The minimum Gasteiger partial charge on any atom is -0.339 e. The molecule has 0 radical (unpaired) electrons. The summed E-state index contributed by atoms with van der Waals surface area (Å²) < 4.78 is 32.2. The number of rotatable bonds is 6. The molecule has 1 aliphatic rings. The van der Waals surface area contributed by atoms with E-state index in [4.69, 9.17) is 4.98 Å². The molecule has 1 fully saturated rings. The Morgan fingerprint density at radius 2 is 1.74 bits per heavy atom. The van der Waals surface area contributed by atoms with Gasteiger partial charge >= 0.3 is 0 Å². The number of fused-ring (bicyclic) bond motifs is 1. The third-order valence-electron chi connectivity index (χ3n) is 6.79. The Labute approximate surface area is 223 Å². The number of hydrogen-bond acceptors (Lipinski definition) is 6. The van der Waals surface area contributed by atoms with Crippen LogP contribution in [0.5, 0.6) is 0 Å². The van der Waals surface area contributed by atoms with Crippen molar-refractivity contribution >= 4 is 29.0 Å². The highest BCUT2D eigenvalue weighted by Gasteiger charge is 2.25. The molecule has 0 bridgehead atoms. The van der Waals surface area contributed by atoms with Gasteiger partial charge in [-0.2, -0.15) is 4.98 Å². The van der Waals surface area contributed by atoms with E-state index in [0.717, 1.165) is 11.2 Å². The predicted molar refractivity (Wildman–Crippen MR) is 143 cm³/mol. The first-order valence-corrected chi connectivity index (χ1v) is 12.6. The van der Waals surface area contributed by atoms with Crippen LogP contribution in [0.4, 0.5) is 26.4 Å². The molecule has 11 heteroatoms. The molecule has 6 rings (SSSR count). The van der Waals surface area contributed by atoms with Crippen LogP contribution in [0.2, 0.25) is 0 Å². The van der Waals surface area contributed by atoms with Crippen LogP contribution in [-0.2, 0) is 11.2 Å². The van der Waals surface area contributed by atoms with Gasteiger partial charge in [-0.3, -0.25) is 4.79 Å². The lowest BCUT2D eigenvalue weighted by molar-refractivity contribution is -0.130. The summed E-state index contributed by atoms with van der Waals surface area (Å²) in [5, 5.41) is 7.95. The molecule has 1 amide bonds. The van der Waals surface area contributed by atoms with E-state index in [-0.39, 0.29) is 17.9 Å². The fourth-order valence-corrected chi connectivity index (χ4v) is 4.72. The average Bonchev–Trinajstić information content (AvgIpc) is 3.61. The number of benzene rings is 2. The Morgan fingerprint density at radius 3 is 2.49 bits per heavy atom. The molecule has 1 N–H and O–H groups in total. The smallest absolute Gasteiger partial charge is 0.245 e. The van der Waals surface area contributed by atoms with Gasteiger partial charge in [0, 0.05) is 43.6 Å². The quantitative estimate of drug-likeness (QED) is 0.357. The highest BCUT2D eigenvalue weighted by Crippen LogP contribution is 2.24. The fraction of sp³-hybridized carbons (Fsp3) is 0.214. The van der Waals surface area contributed by atoms with Crippen LogP contribution in [0.1, 0.15) is 11.1 Å². The molecule has 1 saturated heterocycles. The van der Waals surface area contributed by atoms with Crippen LogP contribution >= 0.6 is 0 Å². The number of nitrogens with zero attached hydrogens (tertiary/aromatic N) is 7. The highest BCUT2D eigenvalue weighted by atomic mass is 19.1. The minimum atomic E-state index is -0.693. The van der Waals surface area contributed by atoms with Gasteiger partial charge in [-0.15, -0.1) is 5.10 Å². The summed E-state index contributed by atoms with van der Waals surface area (Å²) in [6.45, 7) is 3.37. The van der Waals surface area contributed by atoms with Crippen LogP contribution in [0.15, 0.2) is 73.3 Å². The summed E-state index contributed by atoms with van der Waals surface area (Å²) in [4.78, 5) is 25.7. The molecule has 1 aliphatic heterocycles. The van der Waals surface area contributed by atoms with Gasteiger partial charge in [-0.1, -0.05) is 18.2 Å². The molecule has 9 nitrogen and oxygen atoms in total. The van der Waals surface area contributed by atoms with Crippen molar-refractivity contribution in [3.63, 3.8) is 0 Å². The molecule has 4 heterocycles. The molecule has 39 heavy (non-hydrogen) atoms. The number of nitrogens with one attached hydrogen (secondary N) is 1. The zero-order valence-corrected chi connectivity index (χ0v) is 21.3. The summed E-state index contributed by atoms with van der Waals surface area (Å²) in [6, 6.07) is 16.2. The van der Waals surface area contributed by atoms with E-state index in [2.05, 4.69) is 15.4 Å². The van der Waals surface area contributed by atoms with Crippen LogP contribution in [0.25, 0.3) is 11.2 Å². The van der Waals surface area contributed by atoms with Crippen molar-refractivity contribution in [2.75, 3.05) is 36.4 Å². The first-order valence-electron chi connectivity index (χ1n) is 12.6. The zero-order chi connectivity index (χ0) is 26.9. The van der Waals surface area contributed by atoms with Crippen molar-refractivity contribution in [1.29, 1.82) is 0 Å². The SMILES string of the molecule is Cc1cc(F)c(CC(=O)N2CCN(c3nc(Nc4cn(-c5ccccc5)cn4)c4cccn4n3)CC2)c(F)c1. The molecule has 3 aromatic heterocycles. The summed E-state index contributed by atoms with van der Waals surface area (Å²) in [6.07, 6.45) is 5.16. The number of halogens is 2. The second-order valence-corrected chi connectivity index (χ2v) is 9.48. The lowest BCUT2D eigenvalue weighted by Crippen LogP contribution is -2.50. The van der Waals surface area contributed by atoms with Crippen LogP contribution in [0, 0.1) is 18.6 Å². The van der Waals surface area contributed by atoms with E-state index in [1.807, 2.05) is 64.3 Å². The Kier molecular flexibility index (Phi) is 6.39. The van der Waals surface area contributed by atoms with Gasteiger partial charge in [0.1, 0.15) is 29.3 Å². The van der Waals surface area contributed by atoms with Gasteiger partial charge in [-0.25, -0.2) is 18.3 Å². The number of aryl methyl sites for hydroxylation is 1. The maximum atomic E-state index is 14.3. The van der Waals surface area contributed by atoms with Gasteiger partial charge in [0.2, 0.25) is 11.9 Å². The second kappa shape index (κ2) is 10.2. The molecule has 0 atom stereocenters. The van der Waals surface area contributed by atoms with Gasteiger partial charge in [0.15, 0.2) is 5.82 Å². The Morgan fingerprint density at radius 1 is 1.00 bits per heavy atom. The van der Waals surface area contributed by atoms with Crippen LogP contribution in [-0.4, -0.2) is 61.1 Å². The number of carbonyl (C=O) groups excluding carboxylic acids is 1. The maximum Gasteiger partial charge on any atom is 0.245 e. The summed E-state index contributed by atoms with van der Waals surface area (Å²) in [7, 11) is 0. The fourth-order valence-electron chi connectivity index (χ4n) is 4.72. The largest absolute Gasteiger partial charge is 0.339 e. The topological polar surface area (TPSA) is 83.6 Å². The first-order chi connectivity index (χ1) is 18.9. The number of para-hydroxylation sites is 1. The standard InChI is InChI=1S/C28H26F2N8O/c1-19-14-22(29)21(23(30)15-19)16-26(39)35-10-12-36(13-11-35)28-33-27(24-8-5-9-38(24)34-28)32-25-17-37(18-31-25)20-6-3-2-4-7-20/h2-9,14-15,17-18H,10-13,16H2,1H3,(H,32,33,34). The predicted octanol–water partition coefficient (Wildman–Crippen LogP) is 4.14. The molecular formula is C28H26F2N8O. The summed E-state index contributed by atoms with van der Waals surface area (Å²) in [5.74, 6) is 0.0497. The highest BCUT2D eigenvalue weighted by molar-refractivity contribution is 5.79. The van der Waals surface area contributed by atoms with E-state index in [0.29, 0.717) is 49.3 Å². The van der Waals surface area contributed by atoms with Crippen molar-refractivity contribution in [3.05, 3.63) is 96.1 Å². The maximum absolute atomic E-state index is 14.3. The van der Waals surface area contributed by atoms with Crippen molar-refractivity contribution in [1.82, 2.24) is 29.0 Å². The van der Waals surface area contributed by atoms with Crippen molar-refractivity contribution in [2.45, 2.75) is 13.3 Å². The van der Waals surface area contributed by atoms with Crippen LogP contribution in [0.3, 0.4) is 0 Å². The summed E-state index contributed by atoms with van der Waals surface area (Å²) in [5.41, 5.74) is 2.08. The number of carbonyl (C=O) groups is 1. The molecule has 0 spiro atoms. The molecule has 0 unspecified atom stereocenters. The molecule has 0 aliphatic carbocycles. The number of aromatic nitrogens is 5. The van der Waals surface area contributed by atoms with E-state index in [1.54, 1.807) is 22.7 Å². The van der Waals surface area contributed by atoms with Crippen molar-refractivity contribution in [3.8, 4) is 5.69 Å². The number of amides is 1. The molecular weight excluding hydrogens is 502 g/mol. The number of hydrogen-bond donors (Lipinski definition) is 1. The molecule has 5 aromatic rings. The lowest BCUT2D eigenvalue weighted by atomic mass is 10.1. The molecule has 0 saturated carbocycles. The van der Waals surface area contributed by atoms with Crippen molar-refractivity contribution < 1.29 is 13.6 Å². The normalized spacial score (nSPS) is 13.7. The van der Waals surface area contributed by atoms with Crippen LogP contribution < -0.4 is 10.2 Å². The number of imidazole rings is 1. The van der Waals surface area contributed by atoms with Gasteiger partial charge in [0.25, 0.3) is 0 Å². The summed E-state index contributed by atoms with van der Waals surface area (Å²) >= 11 is 0. The Hall–Kier alpha value is -4.80. The zero-order valence-electron chi connectivity index (χ0n) is 21.3. The third-order valence-corrected chi connectivity index (χ3v) is 6.79. The van der Waals surface area contributed by atoms with Gasteiger partial charge in [-0.05, 0) is 48.9 Å². The van der Waals surface area contributed by atoms with Gasteiger partial charge < -0.3 is 19.7 Å². The van der Waals surface area contributed by atoms with E-state index >= 15 is 0 Å². The van der Waals surface area contributed by atoms with E-state index in [1.165, 1.54) is 12.1 Å². The molecule has 2 aromatic carbocycles. The third kappa shape index (κ3) is 5.02. The van der Waals surface area contributed by atoms with Gasteiger partial charge in [0.05, 0.1) is 12.6 Å². The second-order valence-electron chi connectivity index (χ2n) is 9.48. The first kappa shape index (κ1) is 24.5. The number of piperazine rings is 1. The Balaban J connectivity index is 1.16. The number of anilines is 3. The minimum absolute atomic E-state index is 0.195. The Bertz CT molecular complexity index is 1620. The van der Waals surface area contributed by atoms with E-state index < -0.39 is 11.6 Å². The monoisotopic (exact) mass is 528 g/mol. The van der Waals surface area contributed by atoms with Crippen molar-refractivity contribution in [2.24, 2.45) is 0 Å². The average molecular weight is 529 g/mol. The van der Waals surface area contributed by atoms with E-state index in [9.17, 15) is 13.6 Å². The lowest BCUT2D eigenvalue weighted by Gasteiger charge is -2.35. The molecule has 198 valence electrons.